The summed E-state index contributed by atoms with van der Waals surface area (Å²) in [4.78, 5) is 0. The quantitative estimate of drug-likeness (QED) is 0.131. The van der Waals surface area contributed by atoms with Gasteiger partial charge in [0.25, 0.3) is 0 Å². The third kappa shape index (κ3) is 16.9. The van der Waals surface area contributed by atoms with Crippen LogP contribution in [0.25, 0.3) is 0 Å². The van der Waals surface area contributed by atoms with Crippen LogP contribution in [0.1, 0.15) is 148 Å². The number of pyridine rings is 1. The summed E-state index contributed by atoms with van der Waals surface area (Å²) in [6, 6.07) is 4.68. The van der Waals surface area contributed by atoms with Gasteiger partial charge in [-0.2, -0.15) is 0 Å². The second kappa shape index (κ2) is 21.4. The van der Waals surface area contributed by atoms with Crippen molar-refractivity contribution in [3.8, 4) is 0 Å². The van der Waals surface area contributed by atoms with Crippen LogP contribution in [-0.4, -0.2) is 0 Å². The first-order valence-electron chi connectivity index (χ1n) is 13.8. The maximum atomic E-state index is 2.35. The number of nitrogens with zero attached hydrogens (tertiary/aromatic N) is 1. The Hall–Kier alpha value is -0.850. The van der Waals surface area contributed by atoms with Crippen molar-refractivity contribution in [2.24, 2.45) is 0 Å². The summed E-state index contributed by atoms with van der Waals surface area (Å²) in [5.74, 6) is 0. The van der Waals surface area contributed by atoms with E-state index in [1.165, 1.54) is 147 Å². The molecular weight excluding hydrogens is 362 g/mol. The predicted molar refractivity (Wildman–Crippen MR) is 134 cm³/mol. The molecule has 0 fully saturated rings. The summed E-state index contributed by atoms with van der Waals surface area (Å²) in [5, 5.41) is 0. The highest BCUT2D eigenvalue weighted by Crippen LogP contribution is 2.14. The summed E-state index contributed by atoms with van der Waals surface area (Å²) < 4.78 is 2.35. The summed E-state index contributed by atoms with van der Waals surface area (Å²) in [6.07, 6.45) is 34.4. The van der Waals surface area contributed by atoms with Gasteiger partial charge in [-0.05, 0) is 24.8 Å². The maximum Gasteiger partial charge on any atom is 0.169 e. The Kier molecular flexibility index (Phi) is 19.4. The lowest BCUT2D eigenvalue weighted by molar-refractivity contribution is -0.697. The Morgan fingerprint density at radius 3 is 1.27 bits per heavy atom. The molecular formula is C29H54N+. The summed E-state index contributed by atoms with van der Waals surface area (Å²) >= 11 is 0. The van der Waals surface area contributed by atoms with Crippen LogP contribution in [-0.2, 0) is 13.0 Å². The molecule has 0 aliphatic carbocycles. The van der Waals surface area contributed by atoms with Gasteiger partial charge in [0.1, 0.15) is 6.54 Å². The lowest BCUT2D eigenvalue weighted by atomic mass is 10.0. The van der Waals surface area contributed by atoms with E-state index in [4.69, 9.17) is 0 Å². The first-order valence-corrected chi connectivity index (χ1v) is 13.8. The SMILES string of the molecule is CCCCCCCCCCCCCCCCCCc1cc[n+](CCCCCC)cc1. The van der Waals surface area contributed by atoms with E-state index >= 15 is 0 Å². The zero-order valence-corrected chi connectivity index (χ0v) is 20.8. The monoisotopic (exact) mass is 416 g/mol. The fourth-order valence-corrected chi connectivity index (χ4v) is 4.40. The molecule has 1 heteroatoms. The van der Waals surface area contributed by atoms with Gasteiger partial charge < -0.3 is 0 Å². The highest BCUT2D eigenvalue weighted by molar-refractivity contribution is 5.07. The summed E-state index contributed by atoms with van der Waals surface area (Å²) in [6.45, 7) is 5.76. The topological polar surface area (TPSA) is 3.88 Å². The van der Waals surface area contributed by atoms with Gasteiger partial charge in [0, 0.05) is 18.6 Å². The predicted octanol–water partition coefficient (Wildman–Crippen LogP) is 9.36. The third-order valence-electron chi connectivity index (χ3n) is 6.55. The van der Waals surface area contributed by atoms with E-state index in [0.29, 0.717) is 0 Å². The fraction of sp³-hybridized carbons (Fsp3) is 0.828. The molecule has 1 heterocycles. The van der Waals surface area contributed by atoms with Crippen molar-refractivity contribution in [1.82, 2.24) is 0 Å². The number of aromatic nitrogens is 1. The second-order valence-corrected chi connectivity index (χ2v) is 9.56. The van der Waals surface area contributed by atoms with Crippen LogP contribution in [0.15, 0.2) is 24.5 Å². The molecule has 1 aromatic rings. The van der Waals surface area contributed by atoms with E-state index in [-0.39, 0.29) is 0 Å². The number of aryl methyl sites for hydroxylation is 2. The molecule has 0 unspecified atom stereocenters. The Morgan fingerprint density at radius 1 is 0.467 bits per heavy atom. The Morgan fingerprint density at radius 2 is 0.833 bits per heavy atom. The van der Waals surface area contributed by atoms with Crippen LogP contribution >= 0.6 is 0 Å². The van der Waals surface area contributed by atoms with E-state index in [2.05, 4.69) is 42.9 Å². The smallest absolute Gasteiger partial charge is 0.169 e. The molecule has 30 heavy (non-hydrogen) atoms. The van der Waals surface area contributed by atoms with Crippen LogP contribution in [0.2, 0.25) is 0 Å². The van der Waals surface area contributed by atoms with Crippen molar-refractivity contribution in [1.29, 1.82) is 0 Å². The molecule has 174 valence electrons. The van der Waals surface area contributed by atoms with E-state index in [0.717, 1.165) is 0 Å². The van der Waals surface area contributed by atoms with Crippen LogP contribution in [0.5, 0.6) is 0 Å². The molecule has 1 aromatic heterocycles. The first kappa shape index (κ1) is 27.2. The largest absolute Gasteiger partial charge is 0.205 e. The van der Waals surface area contributed by atoms with Gasteiger partial charge in [-0.15, -0.1) is 0 Å². The molecule has 0 atom stereocenters. The van der Waals surface area contributed by atoms with E-state index in [1.54, 1.807) is 0 Å². The van der Waals surface area contributed by atoms with E-state index in [1.807, 2.05) is 0 Å². The van der Waals surface area contributed by atoms with Crippen LogP contribution in [0.4, 0.5) is 0 Å². The lowest BCUT2D eigenvalue weighted by Gasteiger charge is -2.04. The molecule has 0 radical (unpaired) electrons. The van der Waals surface area contributed by atoms with Crippen LogP contribution in [0, 0.1) is 0 Å². The zero-order chi connectivity index (χ0) is 21.5. The lowest BCUT2D eigenvalue weighted by Crippen LogP contribution is -2.32. The summed E-state index contributed by atoms with van der Waals surface area (Å²) in [5.41, 5.74) is 1.52. The van der Waals surface area contributed by atoms with Crippen LogP contribution < -0.4 is 4.57 Å². The highest BCUT2D eigenvalue weighted by atomic mass is 14.9. The molecule has 0 aliphatic heterocycles. The van der Waals surface area contributed by atoms with Crippen LogP contribution in [0.3, 0.4) is 0 Å². The Bertz CT molecular complexity index is 450. The maximum absolute atomic E-state index is 2.35. The van der Waals surface area contributed by atoms with Gasteiger partial charge in [0.15, 0.2) is 12.4 Å². The van der Waals surface area contributed by atoms with Gasteiger partial charge in [0.05, 0.1) is 0 Å². The third-order valence-corrected chi connectivity index (χ3v) is 6.55. The van der Waals surface area contributed by atoms with Crippen molar-refractivity contribution < 1.29 is 4.57 Å². The average Bonchev–Trinajstić information content (AvgIpc) is 2.77. The standard InChI is InChI=1S/C29H54N/c1-3-5-7-9-10-11-12-13-14-15-16-17-18-19-20-21-23-29-24-27-30(28-25-29)26-22-8-6-4-2/h24-25,27-28H,3-23,26H2,1-2H3/q+1. The molecule has 0 bridgehead atoms. The Balaban J connectivity index is 1.83. The van der Waals surface area contributed by atoms with Crippen molar-refractivity contribution in [2.75, 3.05) is 0 Å². The zero-order valence-electron chi connectivity index (χ0n) is 20.8. The number of hydrogen-bond acceptors (Lipinski definition) is 0. The Labute approximate surface area is 190 Å². The highest BCUT2D eigenvalue weighted by Gasteiger charge is 2.01. The minimum atomic E-state index is 1.18. The first-order chi connectivity index (χ1) is 14.9. The van der Waals surface area contributed by atoms with Crippen molar-refractivity contribution in [3.05, 3.63) is 30.1 Å². The second-order valence-electron chi connectivity index (χ2n) is 9.56. The molecule has 0 amide bonds. The molecule has 0 saturated carbocycles. The van der Waals surface area contributed by atoms with Gasteiger partial charge in [0.2, 0.25) is 0 Å². The molecule has 0 saturated heterocycles. The molecule has 0 N–H and O–H groups in total. The molecule has 1 nitrogen and oxygen atoms in total. The van der Waals surface area contributed by atoms with Gasteiger partial charge in [-0.25, -0.2) is 4.57 Å². The number of hydrogen-bond donors (Lipinski definition) is 0. The normalized spacial score (nSPS) is 11.3. The van der Waals surface area contributed by atoms with Crippen molar-refractivity contribution in [2.45, 2.75) is 155 Å². The molecule has 0 aromatic carbocycles. The van der Waals surface area contributed by atoms with Gasteiger partial charge >= 0.3 is 0 Å². The van der Waals surface area contributed by atoms with Gasteiger partial charge in [-0.1, -0.05) is 123 Å². The average molecular weight is 417 g/mol. The number of unbranched alkanes of at least 4 members (excludes halogenated alkanes) is 18. The molecule has 0 aliphatic rings. The summed E-state index contributed by atoms with van der Waals surface area (Å²) in [7, 11) is 0. The van der Waals surface area contributed by atoms with E-state index in [9.17, 15) is 0 Å². The van der Waals surface area contributed by atoms with Gasteiger partial charge in [-0.3, -0.25) is 0 Å². The minimum Gasteiger partial charge on any atom is -0.205 e. The molecule has 0 spiro atoms. The van der Waals surface area contributed by atoms with Crippen molar-refractivity contribution >= 4 is 0 Å². The number of rotatable bonds is 22. The molecule has 1 rings (SSSR count). The van der Waals surface area contributed by atoms with E-state index < -0.39 is 0 Å². The van der Waals surface area contributed by atoms with Crippen molar-refractivity contribution in [3.63, 3.8) is 0 Å². The minimum absolute atomic E-state index is 1.18. The fourth-order valence-electron chi connectivity index (χ4n) is 4.40.